The number of hydrogen-bond donors (Lipinski definition) is 0. The molecule has 0 aliphatic carbocycles. The summed E-state index contributed by atoms with van der Waals surface area (Å²) >= 11 is 5.42. The lowest BCUT2D eigenvalue weighted by Crippen LogP contribution is -2.07. The Morgan fingerprint density at radius 2 is 2.12 bits per heavy atom. The largest absolute Gasteiger partial charge is 0.227 e. The van der Waals surface area contributed by atoms with Crippen molar-refractivity contribution in [1.82, 2.24) is 0 Å². The molecular formula is C4H7ClO2S. The quantitative estimate of drug-likeness (QED) is 0.483. The van der Waals surface area contributed by atoms with Gasteiger partial charge in [-0.1, -0.05) is 0 Å². The Bertz CT molecular complexity index is 172. The second-order valence-corrected chi connectivity index (χ2v) is 5.01. The van der Waals surface area contributed by atoms with Crippen molar-refractivity contribution in [2.75, 3.05) is 5.75 Å². The average Bonchev–Trinajstić information content (AvgIpc) is 1.86. The molecule has 1 atom stereocenters. The van der Waals surface area contributed by atoms with E-state index < -0.39 is 14.5 Å². The summed E-state index contributed by atoms with van der Waals surface area (Å²) in [4.78, 5) is 0. The van der Waals surface area contributed by atoms with Crippen LogP contribution >= 0.6 is 11.6 Å². The molecular weight excluding hydrogens is 148 g/mol. The molecule has 1 fully saturated rings. The average molecular weight is 155 g/mol. The first-order valence-corrected chi connectivity index (χ1v) is 4.64. The van der Waals surface area contributed by atoms with E-state index in [1.165, 1.54) is 0 Å². The summed E-state index contributed by atoms with van der Waals surface area (Å²) in [6.07, 6.45) is 1.36. The smallest absolute Gasteiger partial charge is 0.167 e. The Morgan fingerprint density at radius 1 is 1.50 bits per heavy atom. The summed E-state index contributed by atoms with van der Waals surface area (Å²) in [5.74, 6) is 0.279. The van der Waals surface area contributed by atoms with Gasteiger partial charge in [0, 0.05) is 0 Å². The van der Waals surface area contributed by atoms with Gasteiger partial charge in [0.2, 0.25) is 0 Å². The van der Waals surface area contributed by atoms with E-state index in [-0.39, 0.29) is 5.75 Å². The van der Waals surface area contributed by atoms with Crippen LogP contribution in [-0.4, -0.2) is 18.9 Å². The van der Waals surface area contributed by atoms with Gasteiger partial charge in [0.1, 0.15) is 4.71 Å². The normalized spacial score (nSPS) is 35.4. The molecule has 0 bridgehead atoms. The van der Waals surface area contributed by atoms with Crippen LogP contribution in [0.4, 0.5) is 0 Å². The molecule has 0 saturated carbocycles. The third-order valence-electron chi connectivity index (χ3n) is 1.25. The molecule has 0 radical (unpaired) electrons. The van der Waals surface area contributed by atoms with Gasteiger partial charge in [0.05, 0.1) is 5.75 Å². The van der Waals surface area contributed by atoms with Crippen molar-refractivity contribution in [1.29, 1.82) is 0 Å². The Hall–Kier alpha value is 0.240. The highest BCUT2D eigenvalue weighted by atomic mass is 35.5. The van der Waals surface area contributed by atoms with Gasteiger partial charge in [-0.05, 0) is 12.8 Å². The number of hydrogen-bond acceptors (Lipinski definition) is 2. The molecule has 0 spiro atoms. The van der Waals surface area contributed by atoms with Gasteiger partial charge >= 0.3 is 0 Å². The van der Waals surface area contributed by atoms with Crippen LogP contribution in [0.3, 0.4) is 0 Å². The monoisotopic (exact) mass is 154 g/mol. The molecule has 0 amide bonds. The molecule has 1 saturated heterocycles. The highest BCUT2D eigenvalue weighted by Crippen LogP contribution is 2.22. The zero-order valence-corrected chi connectivity index (χ0v) is 5.87. The SMILES string of the molecule is O=S1(=O)CCCC1Cl. The van der Waals surface area contributed by atoms with Crippen LogP contribution in [0.25, 0.3) is 0 Å². The van der Waals surface area contributed by atoms with E-state index in [9.17, 15) is 8.42 Å². The number of rotatable bonds is 0. The molecule has 1 heterocycles. The lowest BCUT2D eigenvalue weighted by atomic mass is 10.4. The Labute approximate surface area is 53.8 Å². The fraction of sp³-hybridized carbons (Fsp3) is 1.00. The summed E-state index contributed by atoms with van der Waals surface area (Å²) in [6, 6.07) is 0. The first-order valence-electron chi connectivity index (χ1n) is 2.48. The fourth-order valence-corrected chi connectivity index (χ4v) is 2.52. The lowest BCUT2D eigenvalue weighted by molar-refractivity contribution is 0.600. The van der Waals surface area contributed by atoms with E-state index in [2.05, 4.69) is 0 Å². The van der Waals surface area contributed by atoms with Crippen LogP contribution in [0.5, 0.6) is 0 Å². The first kappa shape index (κ1) is 6.36. The summed E-state index contributed by atoms with van der Waals surface area (Å²) in [5, 5.41) is 0. The fourth-order valence-electron chi connectivity index (χ4n) is 0.752. The second-order valence-electron chi connectivity index (χ2n) is 1.92. The van der Waals surface area contributed by atoms with Crippen LogP contribution in [0, 0.1) is 0 Å². The summed E-state index contributed by atoms with van der Waals surface area (Å²) in [5.41, 5.74) is 0. The first-order chi connectivity index (χ1) is 3.63. The summed E-state index contributed by atoms with van der Waals surface area (Å²) in [7, 11) is -2.86. The molecule has 2 nitrogen and oxygen atoms in total. The van der Waals surface area contributed by atoms with Gasteiger partial charge in [-0.15, -0.1) is 11.6 Å². The second kappa shape index (κ2) is 1.88. The molecule has 0 aromatic carbocycles. The number of alkyl halides is 1. The van der Waals surface area contributed by atoms with Crippen LogP contribution in [-0.2, 0) is 9.84 Å². The Balaban J connectivity index is 2.85. The van der Waals surface area contributed by atoms with Crippen LogP contribution in [0.2, 0.25) is 0 Å². The predicted octanol–water partition coefficient (Wildman–Crippen LogP) is 0.760. The lowest BCUT2D eigenvalue weighted by Gasteiger charge is -1.93. The molecule has 0 N–H and O–H groups in total. The maximum atomic E-state index is 10.6. The van der Waals surface area contributed by atoms with E-state index in [1.54, 1.807) is 0 Å². The standard InChI is InChI=1S/C4H7ClO2S/c5-4-2-1-3-8(4,6)7/h4H,1-3H2. The van der Waals surface area contributed by atoms with E-state index in [1.807, 2.05) is 0 Å². The molecule has 1 unspecified atom stereocenters. The van der Waals surface area contributed by atoms with E-state index in [0.717, 1.165) is 6.42 Å². The zero-order chi connectivity index (χ0) is 6.20. The molecule has 0 aromatic heterocycles. The number of sulfone groups is 1. The molecule has 1 aliphatic rings. The minimum atomic E-state index is -2.86. The van der Waals surface area contributed by atoms with Crippen molar-refractivity contribution in [2.24, 2.45) is 0 Å². The topological polar surface area (TPSA) is 34.1 Å². The number of halogens is 1. The van der Waals surface area contributed by atoms with Crippen molar-refractivity contribution < 1.29 is 8.42 Å². The van der Waals surface area contributed by atoms with E-state index >= 15 is 0 Å². The molecule has 1 rings (SSSR count). The van der Waals surface area contributed by atoms with Gasteiger partial charge in [0.15, 0.2) is 9.84 Å². The third-order valence-corrected chi connectivity index (χ3v) is 4.15. The van der Waals surface area contributed by atoms with Gasteiger partial charge in [-0.2, -0.15) is 0 Å². The van der Waals surface area contributed by atoms with E-state index in [4.69, 9.17) is 11.6 Å². The highest BCUT2D eigenvalue weighted by molar-refractivity contribution is 7.93. The zero-order valence-electron chi connectivity index (χ0n) is 4.30. The minimum Gasteiger partial charge on any atom is -0.227 e. The van der Waals surface area contributed by atoms with Crippen molar-refractivity contribution in [3.8, 4) is 0 Å². The van der Waals surface area contributed by atoms with Gasteiger partial charge in [-0.3, -0.25) is 0 Å². The third kappa shape index (κ3) is 0.977. The van der Waals surface area contributed by atoms with Gasteiger partial charge in [-0.25, -0.2) is 8.42 Å². The van der Waals surface area contributed by atoms with Crippen LogP contribution < -0.4 is 0 Å². The highest BCUT2D eigenvalue weighted by Gasteiger charge is 2.28. The molecule has 8 heavy (non-hydrogen) atoms. The maximum Gasteiger partial charge on any atom is 0.167 e. The molecule has 1 aliphatic heterocycles. The Kier molecular flexibility index (Phi) is 1.50. The van der Waals surface area contributed by atoms with Crippen molar-refractivity contribution in [3.63, 3.8) is 0 Å². The van der Waals surface area contributed by atoms with E-state index in [0.29, 0.717) is 6.42 Å². The van der Waals surface area contributed by atoms with Gasteiger partial charge < -0.3 is 0 Å². The van der Waals surface area contributed by atoms with Crippen molar-refractivity contribution in [2.45, 2.75) is 17.6 Å². The van der Waals surface area contributed by atoms with Crippen LogP contribution in [0.1, 0.15) is 12.8 Å². The molecule has 48 valence electrons. The van der Waals surface area contributed by atoms with Gasteiger partial charge in [0.25, 0.3) is 0 Å². The predicted molar refractivity (Wildman–Crippen MR) is 32.7 cm³/mol. The summed E-state index contributed by atoms with van der Waals surface area (Å²) < 4.78 is 20.7. The molecule has 4 heteroatoms. The summed E-state index contributed by atoms with van der Waals surface area (Å²) in [6.45, 7) is 0. The minimum absolute atomic E-state index is 0.279. The molecule has 0 aromatic rings. The Morgan fingerprint density at radius 3 is 2.25 bits per heavy atom. The van der Waals surface area contributed by atoms with Crippen LogP contribution in [0.15, 0.2) is 0 Å². The van der Waals surface area contributed by atoms with Crippen molar-refractivity contribution in [3.05, 3.63) is 0 Å². The maximum absolute atomic E-state index is 10.6. The van der Waals surface area contributed by atoms with Crippen molar-refractivity contribution >= 4 is 21.4 Å².